The van der Waals surface area contributed by atoms with Gasteiger partial charge in [-0.1, -0.05) is 22.9 Å². The Morgan fingerprint density at radius 3 is 2.76 bits per heavy atom. The molecule has 3 atom stereocenters. The Kier molecular flexibility index (Phi) is 3.85. The number of hydrogen-bond donors (Lipinski definition) is 1. The smallest absolute Gasteiger partial charge is 0.128 e. The number of nitrogens with two attached hydrogens (primary N) is 1. The summed E-state index contributed by atoms with van der Waals surface area (Å²) in [5.41, 5.74) is 6.74. The van der Waals surface area contributed by atoms with E-state index in [1.165, 1.54) is 6.07 Å². The normalized spacial score (nSPS) is 27.4. The first-order valence-electron chi connectivity index (χ1n) is 5.93. The Morgan fingerprint density at radius 1 is 1.47 bits per heavy atom. The molecule has 2 nitrogen and oxygen atoms in total. The minimum Gasteiger partial charge on any atom is -0.326 e. The van der Waals surface area contributed by atoms with Gasteiger partial charge >= 0.3 is 0 Å². The molecule has 0 radical (unpaired) electrons. The van der Waals surface area contributed by atoms with Gasteiger partial charge in [0.1, 0.15) is 5.82 Å². The van der Waals surface area contributed by atoms with Gasteiger partial charge in [0.05, 0.1) is 0 Å². The minimum absolute atomic E-state index is 0.0727. The number of benzene rings is 1. The average molecular weight is 301 g/mol. The van der Waals surface area contributed by atoms with Crippen LogP contribution in [-0.4, -0.2) is 24.0 Å². The lowest BCUT2D eigenvalue weighted by atomic mass is 10.1. The molecule has 1 fully saturated rings. The van der Waals surface area contributed by atoms with Gasteiger partial charge in [-0.25, -0.2) is 4.39 Å². The van der Waals surface area contributed by atoms with Gasteiger partial charge in [-0.2, -0.15) is 0 Å². The van der Waals surface area contributed by atoms with Crippen LogP contribution in [0.15, 0.2) is 22.7 Å². The lowest BCUT2D eigenvalue weighted by Crippen LogP contribution is -2.30. The Labute approximate surface area is 110 Å². The summed E-state index contributed by atoms with van der Waals surface area (Å²) in [6, 6.07) is 5.37. The first-order chi connectivity index (χ1) is 7.99. The van der Waals surface area contributed by atoms with E-state index < -0.39 is 0 Å². The molecule has 0 saturated carbocycles. The van der Waals surface area contributed by atoms with Gasteiger partial charge < -0.3 is 5.73 Å². The predicted octanol–water partition coefficient (Wildman–Crippen LogP) is 2.93. The van der Waals surface area contributed by atoms with Crippen LogP contribution in [0.1, 0.15) is 25.5 Å². The van der Waals surface area contributed by atoms with E-state index in [1.807, 2.05) is 13.0 Å². The van der Waals surface area contributed by atoms with Crippen molar-refractivity contribution >= 4 is 15.9 Å². The molecular formula is C13H18BrFN2. The van der Waals surface area contributed by atoms with Crippen LogP contribution < -0.4 is 5.73 Å². The largest absolute Gasteiger partial charge is 0.326 e. The van der Waals surface area contributed by atoms with Crippen LogP contribution in [0, 0.1) is 11.7 Å². The van der Waals surface area contributed by atoms with Crippen LogP contribution in [0.5, 0.6) is 0 Å². The molecule has 0 bridgehead atoms. The number of likely N-dealkylation sites (tertiary alicyclic amines) is 1. The summed E-state index contributed by atoms with van der Waals surface area (Å²) in [5, 5.41) is 0. The van der Waals surface area contributed by atoms with Gasteiger partial charge in [0.15, 0.2) is 0 Å². The fraction of sp³-hybridized carbons (Fsp3) is 0.538. The summed E-state index contributed by atoms with van der Waals surface area (Å²) in [6.45, 7) is 5.97. The standard InChI is InChI=1S/C13H18BrFN2/c1-8-6-17(7-13(8)16)9(2)11-5-10(14)3-4-12(11)15/h3-5,8-9,13H,6-7,16H2,1-2H3. The molecule has 1 aromatic carbocycles. The quantitative estimate of drug-likeness (QED) is 0.910. The maximum absolute atomic E-state index is 13.8. The van der Waals surface area contributed by atoms with Crippen LogP contribution >= 0.6 is 15.9 Å². The van der Waals surface area contributed by atoms with Crippen molar-refractivity contribution in [3.05, 3.63) is 34.1 Å². The summed E-state index contributed by atoms with van der Waals surface area (Å²) in [7, 11) is 0. The Hall–Kier alpha value is -0.450. The van der Waals surface area contributed by atoms with E-state index in [0.717, 1.165) is 23.1 Å². The molecule has 3 unspecified atom stereocenters. The van der Waals surface area contributed by atoms with Crippen molar-refractivity contribution in [3.63, 3.8) is 0 Å². The fourth-order valence-corrected chi connectivity index (χ4v) is 2.76. The number of halogens is 2. The number of nitrogens with zero attached hydrogens (tertiary/aromatic N) is 1. The van der Waals surface area contributed by atoms with Crippen LogP contribution in [0.2, 0.25) is 0 Å². The number of hydrogen-bond acceptors (Lipinski definition) is 2. The van der Waals surface area contributed by atoms with Crippen LogP contribution in [0.3, 0.4) is 0 Å². The first kappa shape index (κ1) is 13.0. The van der Waals surface area contributed by atoms with Gasteiger partial charge in [-0.05, 0) is 31.0 Å². The Bertz CT molecular complexity index is 400. The third kappa shape index (κ3) is 2.69. The van der Waals surface area contributed by atoms with Crippen molar-refractivity contribution in [3.8, 4) is 0 Å². The van der Waals surface area contributed by atoms with Crippen molar-refractivity contribution in [2.24, 2.45) is 11.7 Å². The highest BCUT2D eigenvalue weighted by Gasteiger charge is 2.31. The molecule has 1 heterocycles. The summed E-state index contributed by atoms with van der Waals surface area (Å²) < 4.78 is 14.7. The second-order valence-electron chi connectivity index (χ2n) is 4.94. The van der Waals surface area contributed by atoms with E-state index in [1.54, 1.807) is 6.07 Å². The van der Waals surface area contributed by atoms with E-state index in [4.69, 9.17) is 5.73 Å². The summed E-state index contributed by atoms with van der Waals surface area (Å²) in [5.74, 6) is 0.335. The molecule has 1 aromatic rings. The maximum Gasteiger partial charge on any atom is 0.128 e. The Balaban J connectivity index is 2.20. The zero-order valence-corrected chi connectivity index (χ0v) is 11.7. The lowest BCUT2D eigenvalue weighted by Gasteiger charge is -2.25. The molecule has 0 amide bonds. The first-order valence-corrected chi connectivity index (χ1v) is 6.73. The summed E-state index contributed by atoms with van der Waals surface area (Å²) in [4.78, 5) is 2.25. The highest BCUT2D eigenvalue weighted by atomic mass is 79.9. The molecule has 94 valence electrons. The second kappa shape index (κ2) is 5.04. The SMILES string of the molecule is CC1CN(C(C)c2cc(Br)ccc2F)CC1N. The summed E-state index contributed by atoms with van der Waals surface area (Å²) >= 11 is 3.39. The topological polar surface area (TPSA) is 29.3 Å². The van der Waals surface area contributed by atoms with Gasteiger partial charge in [0.25, 0.3) is 0 Å². The van der Waals surface area contributed by atoms with E-state index in [2.05, 4.69) is 27.8 Å². The number of rotatable bonds is 2. The van der Waals surface area contributed by atoms with Crippen molar-refractivity contribution in [1.82, 2.24) is 4.90 Å². The molecule has 2 rings (SSSR count). The molecule has 17 heavy (non-hydrogen) atoms. The molecule has 0 aromatic heterocycles. The molecule has 1 aliphatic rings. The van der Waals surface area contributed by atoms with Crippen molar-refractivity contribution < 1.29 is 4.39 Å². The average Bonchev–Trinajstić information content (AvgIpc) is 2.62. The summed E-state index contributed by atoms with van der Waals surface area (Å²) in [6.07, 6.45) is 0. The molecule has 2 N–H and O–H groups in total. The molecule has 0 spiro atoms. The van der Waals surface area contributed by atoms with Gasteiger partial charge in [-0.3, -0.25) is 4.90 Å². The highest BCUT2D eigenvalue weighted by Crippen LogP contribution is 2.29. The zero-order valence-electron chi connectivity index (χ0n) is 10.2. The molecule has 0 aliphatic carbocycles. The van der Waals surface area contributed by atoms with Crippen LogP contribution in [0.25, 0.3) is 0 Å². The molecule has 1 saturated heterocycles. The fourth-order valence-electron chi connectivity index (χ4n) is 2.38. The van der Waals surface area contributed by atoms with E-state index in [9.17, 15) is 4.39 Å². The minimum atomic E-state index is -0.145. The molecule has 4 heteroatoms. The van der Waals surface area contributed by atoms with E-state index >= 15 is 0 Å². The van der Waals surface area contributed by atoms with Crippen molar-refractivity contribution in [2.75, 3.05) is 13.1 Å². The Morgan fingerprint density at radius 2 is 2.18 bits per heavy atom. The lowest BCUT2D eigenvalue weighted by molar-refractivity contribution is 0.248. The van der Waals surface area contributed by atoms with Crippen LogP contribution in [-0.2, 0) is 0 Å². The van der Waals surface area contributed by atoms with Crippen molar-refractivity contribution in [2.45, 2.75) is 25.9 Å². The van der Waals surface area contributed by atoms with E-state index in [-0.39, 0.29) is 17.9 Å². The zero-order chi connectivity index (χ0) is 12.6. The highest BCUT2D eigenvalue weighted by molar-refractivity contribution is 9.10. The van der Waals surface area contributed by atoms with Gasteiger partial charge in [-0.15, -0.1) is 0 Å². The molecular weight excluding hydrogens is 283 g/mol. The third-order valence-electron chi connectivity index (χ3n) is 3.65. The molecule has 1 aliphatic heterocycles. The predicted molar refractivity (Wildman–Crippen MR) is 71.2 cm³/mol. The van der Waals surface area contributed by atoms with Crippen molar-refractivity contribution in [1.29, 1.82) is 0 Å². The van der Waals surface area contributed by atoms with Gasteiger partial charge in [0, 0.05) is 35.2 Å². The van der Waals surface area contributed by atoms with E-state index in [0.29, 0.717) is 5.92 Å². The monoisotopic (exact) mass is 300 g/mol. The second-order valence-corrected chi connectivity index (χ2v) is 5.85. The van der Waals surface area contributed by atoms with Crippen LogP contribution in [0.4, 0.5) is 4.39 Å². The third-order valence-corrected chi connectivity index (χ3v) is 4.15. The maximum atomic E-state index is 13.8. The van der Waals surface area contributed by atoms with Gasteiger partial charge in [0.2, 0.25) is 0 Å².